The van der Waals surface area contributed by atoms with Crippen molar-refractivity contribution >= 4 is 18.1 Å². The molecule has 9 heteroatoms. The number of pyridine rings is 1. The van der Waals surface area contributed by atoms with Crippen molar-refractivity contribution in [2.75, 3.05) is 18.4 Å². The van der Waals surface area contributed by atoms with E-state index in [0.717, 1.165) is 24.7 Å². The second-order valence-corrected chi connectivity index (χ2v) is 9.29. The van der Waals surface area contributed by atoms with Crippen molar-refractivity contribution in [3.8, 4) is 23.0 Å². The average Bonchev–Trinajstić information content (AvgIpc) is 3.32. The zero-order chi connectivity index (χ0) is 24.8. The number of rotatable bonds is 7. The van der Waals surface area contributed by atoms with Gasteiger partial charge in [-0.1, -0.05) is 0 Å². The Kier molecular flexibility index (Phi) is 7.24. The number of carbonyl (C=O) groups excluding carboxylic acids is 2. The van der Waals surface area contributed by atoms with Crippen molar-refractivity contribution in [1.82, 2.24) is 19.9 Å². The Labute approximate surface area is 204 Å². The molecule has 0 spiro atoms. The molecule has 182 valence electrons. The van der Waals surface area contributed by atoms with Crippen LogP contribution in [0.4, 0.5) is 10.5 Å². The van der Waals surface area contributed by atoms with E-state index in [2.05, 4.69) is 20.3 Å². The largest absolute Gasteiger partial charge is 0.444 e. The molecule has 1 aliphatic heterocycles. The summed E-state index contributed by atoms with van der Waals surface area (Å²) in [7, 11) is 0. The van der Waals surface area contributed by atoms with Crippen molar-refractivity contribution in [2.24, 2.45) is 0 Å². The fourth-order valence-electron chi connectivity index (χ4n) is 3.76. The summed E-state index contributed by atoms with van der Waals surface area (Å²) in [4.78, 5) is 38.6. The van der Waals surface area contributed by atoms with E-state index in [-0.39, 0.29) is 12.1 Å². The molecule has 1 fully saturated rings. The Morgan fingerprint density at radius 3 is 2.69 bits per heavy atom. The number of aromatic nitrogens is 3. The number of likely N-dealkylation sites (tertiary alicyclic amines) is 1. The summed E-state index contributed by atoms with van der Waals surface area (Å²) in [5, 5.41) is 3.35. The Hall–Kier alpha value is -4.01. The molecule has 1 aromatic carbocycles. The van der Waals surface area contributed by atoms with Crippen LogP contribution in [-0.4, -0.2) is 57.0 Å². The van der Waals surface area contributed by atoms with Gasteiger partial charge in [-0.2, -0.15) is 4.98 Å². The van der Waals surface area contributed by atoms with Crippen LogP contribution in [0.5, 0.6) is 11.6 Å². The Balaban J connectivity index is 1.54. The number of amides is 1. The van der Waals surface area contributed by atoms with Gasteiger partial charge in [0.25, 0.3) is 0 Å². The summed E-state index contributed by atoms with van der Waals surface area (Å²) >= 11 is 0. The smallest absolute Gasteiger partial charge is 0.410 e. The summed E-state index contributed by atoms with van der Waals surface area (Å²) in [6.07, 6.45) is 7.28. The van der Waals surface area contributed by atoms with Crippen LogP contribution >= 0.6 is 0 Å². The quantitative estimate of drug-likeness (QED) is 0.478. The molecule has 0 aliphatic carbocycles. The lowest BCUT2D eigenvalue weighted by atomic mass is 10.2. The van der Waals surface area contributed by atoms with Crippen LogP contribution in [0.2, 0.25) is 0 Å². The second-order valence-electron chi connectivity index (χ2n) is 9.29. The molecule has 0 bridgehead atoms. The molecule has 1 aliphatic rings. The molecule has 1 atom stereocenters. The predicted octanol–water partition coefficient (Wildman–Crippen LogP) is 4.95. The maximum Gasteiger partial charge on any atom is 0.410 e. The molecule has 9 nitrogen and oxygen atoms in total. The predicted molar refractivity (Wildman–Crippen MR) is 132 cm³/mol. The van der Waals surface area contributed by atoms with Crippen LogP contribution in [-0.2, 0) is 4.74 Å². The second kappa shape index (κ2) is 10.5. The third-order valence-corrected chi connectivity index (χ3v) is 5.44. The highest BCUT2D eigenvalue weighted by atomic mass is 16.6. The highest BCUT2D eigenvalue weighted by Gasteiger charge is 2.32. The number of ether oxygens (including phenoxy) is 2. The Morgan fingerprint density at radius 1 is 1.20 bits per heavy atom. The zero-order valence-electron chi connectivity index (χ0n) is 20.1. The number of hydrogen-bond donors (Lipinski definition) is 1. The first-order chi connectivity index (χ1) is 16.8. The minimum absolute atomic E-state index is 0.0254. The molecule has 1 saturated heterocycles. The Bertz CT molecular complexity index is 1160. The number of carbonyl (C=O) groups is 2. The van der Waals surface area contributed by atoms with Gasteiger partial charge in [-0.3, -0.25) is 9.78 Å². The summed E-state index contributed by atoms with van der Waals surface area (Å²) in [5.74, 6) is 1.34. The van der Waals surface area contributed by atoms with Gasteiger partial charge in [0.05, 0.1) is 12.2 Å². The highest BCUT2D eigenvalue weighted by molar-refractivity contribution is 5.75. The lowest BCUT2D eigenvalue weighted by molar-refractivity contribution is 0.0235. The normalized spacial score (nSPS) is 15.5. The van der Waals surface area contributed by atoms with Gasteiger partial charge in [0.15, 0.2) is 5.82 Å². The molecule has 0 saturated carbocycles. The topological polar surface area (TPSA) is 107 Å². The maximum atomic E-state index is 12.6. The fourth-order valence-corrected chi connectivity index (χ4v) is 3.76. The molecule has 3 heterocycles. The molecule has 1 unspecified atom stereocenters. The molecule has 2 aromatic heterocycles. The number of benzene rings is 1. The van der Waals surface area contributed by atoms with Gasteiger partial charge in [-0.05, 0) is 70.0 Å². The molecule has 35 heavy (non-hydrogen) atoms. The SMILES string of the molecule is CC(C)(C)OC(=O)N1CCCC1CNc1cnc(-c2cccnc2)nc1Oc1ccc(C=O)cc1. The van der Waals surface area contributed by atoms with Gasteiger partial charge in [0, 0.05) is 36.6 Å². The molecular formula is C26H29N5O4. The molecule has 3 aromatic rings. The number of hydrogen-bond acceptors (Lipinski definition) is 8. The fraction of sp³-hybridized carbons (Fsp3) is 0.346. The van der Waals surface area contributed by atoms with E-state index < -0.39 is 5.60 Å². The van der Waals surface area contributed by atoms with Gasteiger partial charge >= 0.3 is 6.09 Å². The van der Waals surface area contributed by atoms with Gasteiger partial charge in [0.1, 0.15) is 23.3 Å². The van der Waals surface area contributed by atoms with E-state index in [1.54, 1.807) is 47.8 Å². The van der Waals surface area contributed by atoms with E-state index in [4.69, 9.17) is 9.47 Å². The van der Waals surface area contributed by atoms with Crippen molar-refractivity contribution < 1.29 is 19.1 Å². The number of nitrogens with zero attached hydrogens (tertiary/aromatic N) is 4. The number of anilines is 1. The third kappa shape index (κ3) is 6.32. The molecule has 1 N–H and O–H groups in total. The van der Waals surface area contributed by atoms with Crippen molar-refractivity contribution in [3.63, 3.8) is 0 Å². The van der Waals surface area contributed by atoms with Gasteiger partial charge < -0.3 is 19.7 Å². The van der Waals surface area contributed by atoms with Gasteiger partial charge in [0.2, 0.25) is 5.88 Å². The maximum absolute atomic E-state index is 12.6. The van der Waals surface area contributed by atoms with E-state index in [1.165, 1.54) is 0 Å². The number of aldehydes is 1. The van der Waals surface area contributed by atoms with E-state index >= 15 is 0 Å². The van der Waals surface area contributed by atoms with Crippen LogP contribution in [0.15, 0.2) is 55.0 Å². The molecule has 0 radical (unpaired) electrons. The van der Waals surface area contributed by atoms with Crippen LogP contribution in [0.1, 0.15) is 44.0 Å². The Morgan fingerprint density at radius 2 is 2.00 bits per heavy atom. The monoisotopic (exact) mass is 475 g/mol. The summed E-state index contributed by atoms with van der Waals surface area (Å²) in [6, 6.07) is 10.4. The molecular weight excluding hydrogens is 446 g/mol. The average molecular weight is 476 g/mol. The minimum atomic E-state index is -0.548. The highest BCUT2D eigenvalue weighted by Crippen LogP contribution is 2.30. The van der Waals surface area contributed by atoms with Gasteiger partial charge in [-0.15, -0.1) is 0 Å². The van der Waals surface area contributed by atoms with Crippen molar-refractivity contribution in [1.29, 1.82) is 0 Å². The van der Waals surface area contributed by atoms with E-state index in [0.29, 0.717) is 41.8 Å². The lowest BCUT2D eigenvalue weighted by Crippen LogP contribution is -2.42. The first-order valence-corrected chi connectivity index (χ1v) is 11.6. The summed E-state index contributed by atoms with van der Waals surface area (Å²) in [6.45, 7) is 6.74. The van der Waals surface area contributed by atoms with Crippen molar-refractivity contribution in [3.05, 3.63) is 60.6 Å². The van der Waals surface area contributed by atoms with Crippen LogP contribution in [0.3, 0.4) is 0 Å². The third-order valence-electron chi connectivity index (χ3n) is 5.44. The van der Waals surface area contributed by atoms with E-state index in [1.807, 2.05) is 32.9 Å². The zero-order valence-corrected chi connectivity index (χ0v) is 20.1. The van der Waals surface area contributed by atoms with Crippen LogP contribution in [0, 0.1) is 0 Å². The summed E-state index contributed by atoms with van der Waals surface area (Å²) in [5.41, 5.74) is 1.35. The molecule has 1 amide bonds. The van der Waals surface area contributed by atoms with Gasteiger partial charge in [-0.25, -0.2) is 9.78 Å². The summed E-state index contributed by atoms with van der Waals surface area (Å²) < 4.78 is 11.6. The van der Waals surface area contributed by atoms with Crippen molar-refractivity contribution in [2.45, 2.75) is 45.3 Å². The first-order valence-electron chi connectivity index (χ1n) is 11.6. The van der Waals surface area contributed by atoms with Crippen LogP contribution in [0.25, 0.3) is 11.4 Å². The first kappa shape index (κ1) is 24.1. The minimum Gasteiger partial charge on any atom is -0.444 e. The standard InChI is InChI=1S/C26H29N5O4/c1-26(2,3)35-25(33)31-13-5-7-20(31)15-28-22-16-29-23(19-6-4-12-27-14-19)30-24(22)34-21-10-8-18(17-32)9-11-21/h4,6,8-12,14,16-17,20,28H,5,7,13,15H2,1-3H3. The van der Waals surface area contributed by atoms with Crippen LogP contribution < -0.4 is 10.1 Å². The lowest BCUT2D eigenvalue weighted by Gasteiger charge is -2.29. The number of nitrogens with one attached hydrogen (secondary N) is 1. The van der Waals surface area contributed by atoms with E-state index in [9.17, 15) is 9.59 Å². The molecule has 4 rings (SSSR count).